The second kappa shape index (κ2) is 5.88. The number of ketones is 1. The van der Waals surface area contributed by atoms with Crippen LogP contribution in [0.25, 0.3) is 0 Å². The Labute approximate surface area is 126 Å². The summed E-state index contributed by atoms with van der Waals surface area (Å²) < 4.78 is 0. The van der Waals surface area contributed by atoms with Crippen molar-refractivity contribution in [2.24, 2.45) is 17.3 Å². The topological polar surface area (TPSA) is 58.2 Å². The molecule has 4 nitrogen and oxygen atoms in total. The third kappa shape index (κ3) is 3.43. The third-order valence-electron chi connectivity index (χ3n) is 4.78. The lowest BCUT2D eigenvalue weighted by Gasteiger charge is -2.51. The summed E-state index contributed by atoms with van der Waals surface area (Å²) in [5, 5.41) is 5.72. The van der Waals surface area contributed by atoms with E-state index in [-0.39, 0.29) is 23.1 Å². The minimum absolute atomic E-state index is 0.0248. The molecule has 2 atom stereocenters. The minimum Gasteiger partial charge on any atom is -0.338 e. The quantitative estimate of drug-likeness (QED) is 0.892. The van der Waals surface area contributed by atoms with E-state index in [9.17, 15) is 9.59 Å². The van der Waals surface area contributed by atoms with Crippen molar-refractivity contribution in [3.63, 3.8) is 0 Å². The molecule has 1 aliphatic rings. The number of nitrogens with one attached hydrogen (secondary N) is 2. The van der Waals surface area contributed by atoms with Crippen molar-refractivity contribution < 1.29 is 9.59 Å². The van der Waals surface area contributed by atoms with Crippen LogP contribution in [0.5, 0.6) is 0 Å². The molecule has 2 unspecified atom stereocenters. The van der Waals surface area contributed by atoms with Gasteiger partial charge >= 0.3 is 6.03 Å². The summed E-state index contributed by atoms with van der Waals surface area (Å²) in [5.74, 6) is 0.736. The molecule has 1 aliphatic carbocycles. The Morgan fingerprint density at radius 3 is 2.38 bits per heavy atom. The number of hydrogen-bond donors (Lipinski definition) is 2. The fourth-order valence-corrected chi connectivity index (χ4v) is 3.08. The van der Waals surface area contributed by atoms with Gasteiger partial charge < -0.3 is 10.6 Å². The zero-order valence-electron chi connectivity index (χ0n) is 13.2. The van der Waals surface area contributed by atoms with E-state index < -0.39 is 0 Å². The summed E-state index contributed by atoms with van der Waals surface area (Å²) in [6, 6.07) is 7.49. The smallest absolute Gasteiger partial charge is 0.319 e. The van der Waals surface area contributed by atoms with Crippen LogP contribution in [0.3, 0.4) is 0 Å². The second-order valence-electron chi connectivity index (χ2n) is 6.62. The van der Waals surface area contributed by atoms with E-state index >= 15 is 0 Å². The Morgan fingerprint density at radius 1 is 1.24 bits per heavy atom. The largest absolute Gasteiger partial charge is 0.338 e. The highest BCUT2D eigenvalue weighted by Gasteiger charge is 2.49. The van der Waals surface area contributed by atoms with E-state index in [1.54, 1.807) is 6.92 Å². The maximum absolute atomic E-state index is 11.9. The normalized spacial score (nSPS) is 23.0. The van der Waals surface area contributed by atoms with Gasteiger partial charge in [0.15, 0.2) is 0 Å². The van der Waals surface area contributed by atoms with Crippen molar-refractivity contribution in [2.45, 2.75) is 34.1 Å². The lowest BCUT2D eigenvalue weighted by atomic mass is 9.53. The van der Waals surface area contributed by atoms with E-state index in [4.69, 9.17) is 0 Å². The van der Waals surface area contributed by atoms with Crippen LogP contribution in [-0.4, -0.2) is 18.4 Å². The van der Waals surface area contributed by atoms with Gasteiger partial charge in [0.1, 0.15) is 5.78 Å². The first-order valence-corrected chi connectivity index (χ1v) is 7.42. The van der Waals surface area contributed by atoms with Crippen LogP contribution in [-0.2, 0) is 4.79 Å². The van der Waals surface area contributed by atoms with Gasteiger partial charge in [0.2, 0.25) is 0 Å². The summed E-state index contributed by atoms with van der Waals surface area (Å²) in [7, 11) is 0. The average Bonchev–Trinajstić information content (AvgIpc) is 2.39. The fourth-order valence-electron chi connectivity index (χ4n) is 3.08. The molecule has 1 fully saturated rings. The van der Waals surface area contributed by atoms with Gasteiger partial charge in [-0.1, -0.05) is 31.5 Å². The monoisotopic (exact) mass is 288 g/mol. The van der Waals surface area contributed by atoms with E-state index in [0.29, 0.717) is 12.5 Å². The number of Topliss-reactive ketones (excluding diaryl/α,β-unsaturated/α-hetero) is 1. The molecule has 4 heteroatoms. The van der Waals surface area contributed by atoms with Crippen LogP contribution in [0.15, 0.2) is 24.3 Å². The standard InChI is InChI=1S/C17H24N2O2/c1-11-5-7-14(8-6-11)19-16(21)18-10-13-9-15(12(2)20)17(13,3)4/h5-8,13,15H,9-10H2,1-4H3,(H2,18,19,21). The van der Waals surface area contributed by atoms with Gasteiger partial charge in [-0.2, -0.15) is 0 Å². The Morgan fingerprint density at radius 2 is 1.86 bits per heavy atom. The van der Waals surface area contributed by atoms with Gasteiger partial charge in [-0.05, 0) is 43.7 Å². The first-order valence-electron chi connectivity index (χ1n) is 7.42. The Hall–Kier alpha value is -1.84. The van der Waals surface area contributed by atoms with Crippen molar-refractivity contribution in [3.05, 3.63) is 29.8 Å². The molecule has 1 saturated carbocycles. The highest BCUT2D eigenvalue weighted by Crippen LogP contribution is 2.51. The molecule has 1 aromatic carbocycles. The molecular weight excluding hydrogens is 264 g/mol. The van der Waals surface area contributed by atoms with Gasteiger partial charge in [-0.15, -0.1) is 0 Å². The van der Waals surface area contributed by atoms with Crippen LogP contribution < -0.4 is 10.6 Å². The molecule has 0 radical (unpaired) electrons. The van der Waals surface area contributed by atoms with Gasteiger partial charge in [0.05, 0.1) is 0 Å². The lowest BCUT2D eigenvalue weighted by Crippen LogP contribution is -2.52. The molecule has 114 valence electrons. The van der Waals surface area contributed by atoms with E-state index in [0.717, 1.165) is 17.7 Å². The maximum Gasteiger partial charge on any atom is 0.319 e. The van der Waals surface area contributed by atoms with E-state index in [1.165, 1.54) is 0 Å². The van der Waals surface area contributed by atoms with E-state index in [2.05, 4.69) is 24.5 Å². The molecule has 1 aromatic rings. The van der Waals surface area contributed by atoms with Crippen molar-refractivity contribution in [1.82, 2.24) is 5.32 Å². The van der Waals surface area contributed by atoms with Gasteiger partial charge in [-0.3, -0.25) is 4.79 Å². The molecule has 2 amide bonds. The number of anilines is 1. The SMILES string of the molecule is CC(=O)C1CC(CNC(=O)Nc2ccc(C)cc2)C1(C)C. The number of carbonyl (C=O) groups excluding carboxylic acids is 2. The molecule has 21 heavy (non-hydrogen) atoms. The Bertz CT molecular complexity index is 534. The molecule has 0 aliphatic heterocycles. The van der Waals surface area contributed by atoms with Gasteiger partial charge in [0, 0.05) is 18.2 Å². The summed E-state index contributed by atoms with van der Waals surface area (Å²) in [6.45, 7) is 8.47. The molecule has 2 N–H and O–H groups in total. The predicted molar refractivity (Wildman–Crippen MR) is 84.3 cm³/mol. The predicted octanol–water partition coefficient (Wildman–Crippen LogP) is 3.37. The molecule has 0 aromatic heterocycles. The van der Waals surface area contributed by atoms with Crippen LogP contribution in [0.4, 0.5) is 10.5 Å². The number of hydrogen-bond acceptors (Lipinski definition) is 2. The van der Waals surface area contributed by atoms with Crippen molar-refractivity contribution in [2.75, 3.05) is 11.9 Å². The highest BCUT2D eigenvalue weighted by molar-refractivity contribution is 5.89. The molecule has 0 heterocycles. The number of aryl methyl sites for hydroxylation is 1. The number of urea groups is 1. The zero-order valence-corrected chi connectivity index (χ0v) is 13.2. The lowest BCUT2D eigenvalue weighted by molar-refractivity contribution is -0.135. The molecule has 2 rings (SSSR count). The van der Waals surface area contributed by atoms with Gasteiger partial charge in [0.25, 0.3) is 0 Å². The highest BCUT2D eigenvalue weighted by atomic mass is 16.2. The summed E-state index contributed by atoms with van der Waals surface area (Å²) in [4.78, 5) is 23.4. The maximum atomic E-state index is 11.9. The molecule has 0 bridgehead atoms. The number of benzene rings is 1. The van der Waals surface area contributed by atoms with Crippen LogP contribution in [0.1, 0.15) is 32.8 Å². The Kier molecular flexibility index (Phi) is 4.35. The van der Waals surface area contributed by atoms with Crippen molar-refractivity contribution >= 4 is 17.5 Å². The van der Waals surface area contributed by atoms with Crippen LogP contribution in [0.2, 0.25) is 0 Å². The van der Waals surface area contributed by atoms with Gasteiger partial charge in [-0.25, -0.2) is 4.79 Å². The summed E-state index contributed by atoms with van der Waals surface area (Å²) >= 11 is 0. The number of carbonyl (C=O) groups is 2. The van der Waals surface area contributed by atoms with E-state index in [1.807, 2.05) is 31.2 Å². The van der Waals surface area contributed by atoms with Crippen LogP contribution >= 0.6 is 0 Å². The Balaban J connectivity index is 1.80. The first-order chi connectivity index (χ1) is 9.80. The average molecular weight is 288 g/mol. The minimum atomic E-state index is -0.194. The fraction of sp³-hybridized carbons (Fsp3) is 0.529. The van der Waals surface area contributed by atoms with Crippen LogP contribution in [0, 0.1) is 24.2 Å². The second-order valence-corrected chi connectivity index (χ2v) is 6.62. The molecule has 0 spiro atoms. The summed E-state index contributed by atoms with van der Waals surface area (Å²) in [6.07, 6.45) is 0.868. The summed E-state index contributed by atoms with van der Waals surface area (Å²) in [5.41, 5.74) is 1.92. The first kappa shape index (κ1) is 15.5. The zero-order chi connectivity index (χ0) is 15.6. The number of amides is 2. The third-order valence-corrected chi connectivity index (χ3v) is 4.78. The van der Waals surface area contributed by atoms with Crippen molar-refractivity contribution in [1.29, 1.82) is 0 Å². The number of rotatable bonds is 4. The molecule has 0 saturated heterocycles. The van der Waals surface area contributed by atoms with Crippen molar-refractivity contribution in [3.8, 4) is 0 Å². The molecular formula is C17H24N2O2.